The third-order valence-corrected chi connectivity index (χ3v) is 4.41. The summed E-state index contributed by atoms with van der Waals surface area (Å²) >= 11 is 0. The SMILES string of the molecule is Cc1cc2nc3c(=O)[nH]c(=O)nc-3n(CC(O)C(=O)C(O)CO)c2cc1C. The normalized spacial score (nSPS) is 13.8. The summed E-state index contributed by atoms with van der Waals surface area (Å²) in [6.07, 6.45) is -3.43. The van der Waals surface area contributed by atoms with Gasteiger partial charge >= 0.3 is 5.69 Å². The Kier molecular flexibility index (Phi) is 4.87. The molecule has 0 amide bonds. The third kappa shape index (κ3) is 3.37. The van der Waals surface area contributed by atoms with Crippen molar-refractivity contribution in [2.24, 2.45) is 0 Å². The average Bonchev–Trinajstić information content (AvgIpc) is 2.62. The number of hydrogen-bond donors (Lipinski definition) is 4. The van der Waals surface area contributed by atoms with Crippen molar-refractivity contribution in [2.75, 3.05) is 6.61 Å². The fraction of sp³-hybridized carbons (Fsp3) is 0.353. The van der Waals surface area contributed by atoms with Crippen LogP contribution in [0.2, 0.25) is 0 Å². The summed E-state index contributed by atoms with van der Waals surface area (Å²) in [5.74, 6) is -1.08. The first-order valence-corrected chi connectivity index (χ1v) is 8.15. The van der Waals surface area contributed by atoms with Crippen LogP contribution in [-0.2, 0) is 11.3 Å². The number of carbonyl (C=O) groups is 1. The summed E-state index contributed by atoms with van der Waals surface area (Å²) in [5.41, 5.74) is 0.927. The summed E-state index contributed by atoms with van der Waals surface area (Å²) in [7, 11) is 0. The molecule has 0 spiro atoms. The molecule has 0 bridgehead atoms. The Morgan fingerprint density at radius 1 is 1.15 bits per heavy atom. The summed E-state index contributed by atoms with van der Waals surface area (Å²) in [6.45, 7) is 2.50. The molecular formula is C17H18N4O6. The van der Waals surface area contributed by atoms with Crippen LogP contribution < -0.4 is 11.2 Å². The van der Waals surface area contributed by atoms with E-state index < -0.39 is 35.8 Å². The highest BCUT2D eigenvalue weighted by Crippen LogP contribution is 2.24. The summed E-state index contributed by atoms with van der Waals surface area (Å²) < 4.78 is 1.34. The predicted molar refractivity (Wildman–Crippen MR) is 94.6 cm³/mol. The van der Waals surface area contributed by atoms with E-state index in [4.69, 9.17) is 5.11 Å². The molecule has 2 atom stereocenters. The zero-order valence-electron chi connectivity index (χ0n) is 14.6. The van der Waals surface area contributed by atoms with Gasteiger partial charge < -0.3 is 19.9 Å². The number of H-pyrrole nitrogens is 1. The molecule has 1 aromatic rings. The van der Waals surface area contributed by atoms with E-state index in [1.54, 1.807) is 12.1 Å². The van der Waals surface area contributed by atoms with Gasteiger partial charge in [0.25, 0.3) is 5.56 Å². The van der Waals surface area contributed by atoms with Crippen LogP contribution in [-0.4, -0.2) is 59.4 Å². The first kappa shape index (κ1) is 18.8. The number of carbonyl (C=O) groups excluding carboxylic acids is 1. The smallest absolute Gasteiger partial charge is 0.349 e. The van der Waals surface area contributed by atoms with Gasteiger partial charge in [0.1, 0.15) is 12.2 Å². The topological polar surface area (TPSA) is 158 Å². The largest absolute Gasteiger partial charge is 0.393 e. The van der Waals surface area contributed by atoms with Crippen LogP contribution >= 0.6 is 0 Å². The van der Waals surface area contributed by atoms with Crippen molar-refractivity contribution < 1.29 is 20.1 Å². The van der Waals surface area contributed by atoms with Crippen LogP contribution in [0.3, 0.4) is 0 Å². The summed E-state index contributed by atoms with van der Waals surface area (Å²) in [4.78, 5) is 45.9. The van der Waals surface area contributed by atoms with Gasteiger partial charge in [-0.25, -0.2) is 9.78 Å². The van der Waals surface area contributed by atoms with E-state index in [9.17, 15) is 24.6 Å². The van der Waals surface area contributed by atoms with Gasteiger partial charge in [0, 0.05) is 0 Å². The Balaban J connectivity index is 2.29. The highest BCUT2D eigenvalue weighted by atomic mass is 16.3. The quantitative estimate of drug-likeness (QED) is 0.392. The van der Waals surface area contributed by atoms with Gasteiger partial charge in [0.05, 0.1) is 24.2 Å². The van der Waals surface area contributed by atoms with Crippen LogP contribution in [0.5, 0.6) is 0 Å². The fourth-order valence-corrected chi connectivity index (χ4v) is 2.81. The van der Waals surface area contributed by atoms with Crippen LogP contribution in [0.25, 0.3) is 22.6 Å². The number of hydrogen-bond acceptors (Lipinski definition) is 8. The lowest BCUT2D eigenvalue weighted by molar-refractivity contribution is -0.138. The van der Waals surface area contributed by atoms with Crippen molar-refractivity contribution in [3.63, 3.8) is 0 Å². The highest BCUT2D eigenvalue weighted by molar-refractivity contribution is 5.87. The third-order valence-electron chi connectivity index (χ3n) is 4.41. The second-order valence-corrected chi connectivity index (χ2v) is 6.31. The minimum Gasteiger partial charge on any atom is -0.393 e. The molecule has 2 unspecified atom stereocenters. The van der Waals surface area contributed by atoms with E-state index in [2.05, 4.69) is 9.97 Å². The van der Waals surface area contributed by atoms with Crippen molar-refractivity contribution in [2.45, 2.75) is 32.6 Å². The van der Waals surface area contributed by atoms with Crippen LogP contribution in [0, 0.1) is 13.8 Å². The number of Topliss-reactive ketones (excluding diaryl/α,β-unsaturated/α-hetero) is 1. The number of aliphatic hydroxyl groups is 3. The number of benzene rings is 1. The van der Waals surface area contributed by atoms with Gasteiger partial charge in [-0.15, -0.1) is 0 Å². The molecule has 10 heteroatoms. The molecule has 0 fully saturated rings. The molecule has 3 rings (SSSR count). The molecule has 0 saturated heterocycles. The Bertz CT molecular complexity index is 1120. The Morgan fingerprint density at radius 2 is 1.81 bits per heavy atom. The van der Waals surface area contributed by atoms with E-state index in [0.717, 1.165) is 11.1 Å². The number of aromatic nitrogens is 4. The molecule has 1 aromatic carbocycles. The number of aliphatic hydroxyl groups excluding tert-OH is 3. The van der Waals surface area contributed by atoms with Crippen molar-refractivity contribution in [3.05, 3.63) is 44.1 Å². The number of aromatic amines is 1. The highest BCUT2D eigenvalue weighted by Gasteiger charge is 2.26. The van der Waals surface area contributed by atoms with Crippen molar-refractivity contribution in [3.8, 4) is 11.5 Å². The Labute approximate surface area is 152 Å². The van der Waals surface area contributed by atoms with E-state index in [1.165, 1.54) is 4.57 Å². The lowest BCUT2D eigenvalue weighted by Crippen LogP contribution is -2.38. The second-order valence-electron chi connectivity index (χ2n) is 6.31. The maximum atomic E-state index is 12.1. The minimum absolute atomic E-state index is 0.0927. The zero-order valence-corrected chi connectivity index (χ0v) is 14.6. The minimum atomic E-state index is -1.74. The van der Waals surface area contributed by atoms with Crippen LogP contribution in [0.1, 0.15) is 11.1 Å². The molecule has 0 aromatic heterocycles. The maximum absolute atomic E-state index is 12.1. The van der Waals surface area contributed by atoms with Gasteiger partial charge in [0.15, 0.2) is 17.3 Å². The molecule has 2 aliphatic rings. The van der Waals surface area contributed by atoms with Gasteiger partial charge in [-0.3, -0.25) is 14.6 Å². The molecule has 2 heterocycles. The molecule has 10 nitrogen and oxygen atoms in total. The van der Waals surface area contributed by atoms with Crippen molar-refractivity contribution in [1.82, 2.24) is 19.5 Å². The monoisotopic (exact) mass is 374 g/mol. The number of aryl methyl sites for hydroxylation is 2. The molecule has 142 valence electrons. The van der Waals surface area contributed by atoms with Gasteiger partial charge in [-0.1, -0.05) is 0 Å². The molecule has 2 aliphatic heterocycles. The maximum Gasteiger partial charge on any atom is 0.349 e. The fourth-order valence-electron chi connectivity index (χ4n) is 2.81. The van der Waals surface area contributed by atoms with Gasteiger partial charge in [-0.05, 0) is 37.1 Å². The molecular weight excluding hydrogens is 356 g/mol. The molecule has 27 heavy (non-hydrogen) atoms. The molecule has 4 N–H and O–H groups in total. The Hall–Kier alpha value is -2.95. The first-order valence-electron chi connectivity index (χ1n) is 8.15. The molecule has 0 radical (unpaired) electrons. The predicted octanol–water partition coefficient (Wildman–Crippen LogP) is -1.52. The van der Waals surface area contributed by atoms with Crippen LogP contribution in [0.4, 0.5) is 0 Å². The van der Waals surface area contributed by atoms with E-state index >= 15 is 0 Å². The second kappa shape index (κ2) is 6.99. The van der Waals surface area contributed by atoms with Gasteiger partial charge in [0.2, 0.25) is 0 Å². The lowest BCUT2D eigenvalue weighted by atomic mass is 10.1. The van der Waals surface area contributed by atoms with Crippen molar-refractivity contribution >= 4 is 16.8 Å². The van der Waals surface area contributed by atoms with E-state index in [1.807, 2.05) is 18.8 Å². The number of rotatable bonds is 5. The number of nitrogens with one attached hydrogen (secondary N) is 1. The first-order chi connectivity index (χ1) is 12.7. The number of ketones is 1. The number of nitrogens with zero attached hydrogens (tertiary/aromatic N) is 3. The summed E-state index contributed by atoms with van der Waals surface area (Å²) in [5, 5.41) is 28.6. The zero-order chi connectivity index (χ0) is 19.9. The van der Waals surface area contributed by atoms with E-state index in [-0.39, 0.29) is 18.1 Å². The van der Waals surface area contributed by atoms with Crippen LogP contribution in [0.15, 0.2) is 21.7 Å². The van der Waals surface area contributed by atoms with Crippen molar-refractivity contribution in [1.29, 1.82) is 0 Å². The average molecular weight is 374 g/mol. The molecule has 0 saturated carbocycles. The lowest BCUT2D eigenvalue weighted by Gasteiger charge is -2.20. The Morgan fingerprint density at radius 3 is 2.48 bits per heavy atom. The standard InChI is InChI=1S/C17H18N4O6/c1-7-3-9-10(4-8(7)2)21(5-11(23)14(25)12(24)6-22)15-13(18-9)16(26)20-17(27)19-15/h3-4,11-12,22-24H,5-6H2,1-2H3,(H,20,26,27). The summed E-state index contributed by atoms with van der Waals surface area (Å²) in [6, 6.07) is 3.48. The number of fused-ring (bicyclic) bond motifs is 2. The molecule has 0 aliphatic carbocycles. The van der Waals surface area contributed by atoms with Gasteiger partial charge in [-0.2, -0.15) is 4.98 Å². The van der Waals surface area contributed by atoms with E-state index in [0.29, 0.717) is 11.0 Å².